The first-order valence-corrected chi connectivity index (χ1v) is 7.73. The number of hydrogen-bond acceptors (Lipinski definition) is 4. The molecule has 2 atom stereocenters. The zero-order valence-electron chi connectivity index (χ0n) is 13.0. The van der Waals surface area contributed by atoms with Gasteiger partial charge in [0.2, 0.25) is 0 Å². The first-order valence-electron chi connectivity index (χ1n) is 7.73. The van der Waals surface area contributed by atoms with Gasteiger partial charge >= 0.3 is 0 Å². The third kappa shape index (κ3) is 2.95. The fourth-order valence-corrected chi connectivity index (χ4v) is 2.93. The van der Waals surface area contributed by atoms with E-state index in [2.05, 4.69) is 10.1 Å². The Morgan fingerprint density at radius 2 is 2.18 bits per heavy atom. The number of para-hydroxylation sites is 1. The van der Waals surface area contributed by atoms with E-state index in [0.29, 0.717) is 6.54 Å². The van der Waals surface area contributed by atoms with E-state index in [9.17, 15) is 4.79 Å². The summed E-state index contributed by atoms with van der Waals surface area (Å²) in [5.74, 6) is -0.376. The molecule has 2 heterocycles. The smallest absolute Gasteiger partial charge is 0.261 e. The van der Waals surface area contributed by atoms with Crippen LogP contribution in [0, 0.1) is 5.92 Å². The van der Waals surface area contributed by atoms with Crippen molar-refractivity contribution in [2.75, 3.05) is 18.2 Å². The van der Waals surface area contributed by atoms with Crippen LogP contribution in [0.4, 0.5) is 5.69 Å². The summed E-state index contributed by atoms with van der Waals surface area (Å²) in [5.41, 5.74) is 2.41. The number of hydrogen-bond donors (Lipinski definition) is 0. The van der Waals surface area contributed by atoms with Crippen LogP contribution in [-0.2, 0) is 9.53 Å². The van der Waals surface area contributed by atoms with E-state index < -0.39 is 0 Å². The molecular formula is C17H21N3O2. The molecule has 1 aromatic rings. The lowest BCUT2D eigenvalue weighted by Crippen LogP contribution is -2.32. The zero-order chi connectivity index (χ0) is 15.5. The van der Waals surface area contributed by atoms with Gasteiger partial charge in [-0.15, -0.1) is 0 Å². The first-order chi connectivity index (χ1) is 10.7. The maximum absolute atomic E-state index is 12.7. The highest BCUT2D eigenvalue weighted by Crippen LogP contribution is 2.24. The molecule has 0 aromatic heterocycles. The SMILES string of the molecule is CC(=NC[C@H]1CCCO1)[C@H]1C(=O)N(c2ccccc2)N=C1C. The largest absolute Gasteiger partial charge is 0.376 e. The molecule has 0 aliphatic carbocycles. The fraction of sp³-hybridized carbons (Fsp3) is 0.471. The van der Waals surface area contributed by atoms with E-state index in [1.807, 2.05) is 44.2 Å². The second-order valence-electron chi connectivity index (χ2n) is 5.78. The monoisotopic (exact) mass is 299 g/mol. The molecular weight excluding hydrogens is 278 g/mol. The van der Waals surface area contributed by atoms with Crippen molar-refractivity contribution in [3.63, 3.8) is 0 Å². The third-order valence-electron chi connectivity index (χ3n) is 4.12. The van der Waals surface area contributed by atoms with E-state index in [0.717, 1.165) is 36.6 Å². The summed E-state index contributed by atoms with van der Waals surface area (Å²) in [6, 6.07) is 9.50. The van der Waals surface area contributed by atoms with Crippen molar-refractivity contribution >= 4 is 23.0 Å². The van der Waals surface area contributed by atoms with Gasteiger partial charge in [-0.2, -0.15) is 10.1 Å². The lowest BCUT2D eigenvalue weighted by molar-refractivity contribution is -0.118. The van der Waals surface area contributed by atoms with Crippen LogP contribution in [0.3, 0.4) is 0 Å². The number of nitrogens with zero attached hydrogens (tertiary/aromatic N) is 3. The van der Waals surface area contributed by atoms with Crippen molar-refractivity contribution < 1.29 is 9.53 Å². The molecule has 0 radical (unpaired) electrons. The number of ether oxygens (including phenoxy) is 1. The van der Waals surface area contributed by atoms with E-state index in [1.165, 1.54) is 5.01 Å². The van der Waals surface area contributed by atoms with Crippen molar-refractivity contribution in [1.82, 2.24) is 0 Å². The Hall–Kier alpha value is -2.01. The molecule has 1 saturated heterocycles. The number of amides is 1. The standard InChI is InChI=1S/C17H21N3O2/c1-12(18-11-15-9-6-10-22-15)16-13(2)19-20(17(16)21)14-7-4-3-5-8-14/h3-5,7-8,15-16H,6,9-11H2,1-2H3/t15-,16-/m1/s1. The summed E-state index contributed by atoms with van der Waals surface area (Å²) in [7, 11) is 0. The van der Waals surface area contributed by atoms with Gasteiger partial charge in [0.05, 0.1) is 24.0 Å². The van der Waals surface area contributed by atoms with Crippen molar-refractivity contribution in [3.8, 4) is 0 Å². The Morgan fingerprint density at radius 3 is 2.86 bits per heavy atom. The predicted octanol–water partition coefficient (Wildman–Crippen LogP) is 2.67. The van der Waals surface area contributed by atoms with Crippen LogP contribution in [0.2, 0.25) is 0 Å². The van der Waals surface area contributed by atoms with Crippen LogP contribution in [0.25, 0.3) is 0 Å². The Morgan fingerprint density at radius 1 is 1.41 bits per heavy atom. The molecule has 0 bridgehead atoms. The Kier molecular flexibility index (Phi) is 4.34. The average Bonchev–Trinajstić information content (AvgIpc) is 3.14. The lowest BCUT2D eigenvalue weighted by atomic mass is 9.99. The van der Waals surface area contributed by atoms with E-state index in [-0.39, 0.29) is 17.9 Å². The summed E-state index contributed by atoms with van der Waals surface area (Å²) < 4.78 is 5.58. The fourth-order valence-electron chi connectivity index (χ4n) is 2.93. The summed E-state index contributed by atoms with van der Waals surface area (Å²) >= 11 is 0. The van der Waals surface area contributed by atoms with Gasteiger partial charge in [0.25, 0.3) is 5.91 Å². The van der Waals surface area contributed by atoms with Crippen molar-refractivity contribution in [2.24, 2.45) is 16.0 Å². The van der Waals surface area contributed by atoms with Gasteiger partial charge in [0, 0.05) is 12.3 Å². The predicted molar refractivity (Wildman–Crippen MR) is 87.5 cm³/mol. The summed E-state index contributed by atoms with van der Waals surface area (Å²) in [4.78, 5) is 17.2. The van der Waals surface area contributed by atoms with Crippen molar-refractivity contribution in [3.05, 3.63) is 30.3 Å². The number of carbonyl (C=O) groups is 1. The molecule has 1 amide bonds. The molecule has 22 heavy (non-hydrogen) atoms. The van der Waals surface area contributed by atoms with Gasteiger partial charge in [-0.3, -0.25) is 9.79 Å². The van der Waals surface area contributed by atoms with Gasteiger partial charge in [-0.05, 0) is 38.8 Å². The molecule has 0 unspecified atom stereocenters. The second-order valence-corrected chi connectivity index (χ2v) is 5.78. The molecule has 5 nitrogen and oxygen atoms in total. The van der Waals surface area contributed by atoms with Gasteiger partial charge in [-0.25, -0.2) is 0 Å². The highest BCUT2D eigenvalue weighted by atomic mass is 16.5. The number of carbonyl (C=O) groups excluding carboxylic acids is 1. The quantitative estimate of drug-likeness (QED) is 0.803. The minimum absolute atomic E-state index is 0.0303. The van der Waals surface area contributed by atoms with Crippen LogP contribution < -0.4 is 5.01 Å². The molecule has 1 fully saturated rings. The third-order valence-corrected chi connectivity index (χ3v) is 4.12. The lowest BCUT2D eigenvalue weighted by Gasteiger charge is -2.14. The Bertz CT molecular complexity index is 604. The minimum Gasteiger partial charge on any atom is -0.376 e. The molecule has 116 valence electrons. The highest BCUT2D eigenvalue weighted by Gasteiger charge is 2.36. The van der Waals surface area contributed by atoms with E-state index in [1.54, 1.807) is 0 Å². The number of anilines is 1. The van der Waals surface area contributed by atoms with Crippen LogP contribution in [0.15, 0.2) is 40.4 Å². The number of rotatable bonds is 4. The number of benzene rings is 1. The topological polar surface area (TPSA) is 54.3 Å². The normalized spacial score (nSPS) is 25.7. The number of aliphatic imine (C=N–C) groups is 1. The van der Waals surface area contributed by atoms with Gasteiger partial charge in [0.1, 0.15) is 5.92 Å². The molecule has 1 aromatic carbocycles. The summed E-state index contributed by atoms with van der Waals surface area (Å²) in [6.07, 6.45) is 2.36. The molecule has 0 N–H and O–H groups in total. The van der Waals surface area contributed by atoms with Crippen molar-refractivity contribution in [1.29, 1.82) is 0 Å². The first kappa shape index (κ1) is 14.9. The molecule has 0 saturated carbocycles. The summed E-state index contributed by atoms with van der Waals surface area (Å²) in [5, 5.41) is 5.89. The van der Waals surface area contributed by atoms with E-state index in [4.69, 9.17) is 4.74 Å². The molecule has 0 spiro atoms. The van der Waals surface area contributed by atoms with E-state index >= 15 is 0 Å². The summed E-state index contributed by atoms with van der Waals surface area (Å²) in [6.45, 7) is 5.25. The van der Waals surface area contributed by atoms with Crippen LogP contribution in [0.1, 0.15) is 26.7 Å². The van der Waals surface area contributed by atoms with Crippen LogP contribution >= 0.6 is 0 Å². The average molecular weight is 299 g/mol. The maximum atomic E-state index is 12.7. The maximum Gasteiger partial charge on any atom is 0.261 e. The zero-order valence-corrected chi connectivity index (χ0v) is 13.0. The highest BCUT2D eigenvalue weighted by molar-refractivity contribution is 6.27. The van der Waals surface area contributed by atoms with Crippen molar-refractivity contribution in [2.45, 2.75) is 32.8 Å². The van der Waals surface area contributed by atoms with Gasteiger partial charge < -0.3 is 4.74 Å². The molecule has 5 heteroatoms. The second kappa shape index (κ2) is 6.40. The molecule has 2 aliphatic heterocycles. The van der Waals surface area contributed by atoms with Crippen LogP contribution in [-0.4, -0.2) is 36.6 Å². The van der Waals surface area contributed by atoms with Crippen LogP contribution in [0.5, 0.6) is 0 Å². The molecule has 3 rings (SSSR count). The van der Waals surface area contributed by atoms with Gasteiger partial charge in [-0.1, -0.05) is 18.2 Å². The minimum atomic E-state index is -0.346. The number of hydrazone groups is 1. The molecule has 2 aliphatic rings. The Labute approximate surface area is 130 Å². The Balaban J connectivity index is 1.73. The van der Waals surface area contributed by atoms with Gasteiger partial charge in [0.15, 0.2) is 0 Å².